The van der Waals surface area contributed by atoms with Crippen LogP contribution in [-0.2, 0) is 9.53 Å². The first-order chi connectivity index (χ1) is 8.06. The standard InChI is InChI=1S/C13H19NO3/c1-4-11(14(2)3)17-12(13(15)16)10-8-6-5-7-9-10/h5-9,11-12H,4H2,1-3H3,(H,15,16). The van der Waals surface area contributed by atoms with Gasteiger partial charge in [0, 0.05) is 0 Å². The van der Waals surface area contributed by atoms with E-state index >= 15 is 0 Å². The second-order valence-corrected chi connectivity index (χ2v) is 4.09. The van der Waals surface area contributed by atoms with Crippen LogP contribution in [0.15, 0.2) is 30.3 Å². The number of aliphatic carboxylic acids is 1. The van der Waals surface area contributed by atoms with Crippen molar-refractivity contribution in [2.75, 3.05) is 14.1 Å². The van der Waals surface area contributed by atoms with Crippen LogP contribution in [0.2, 0.25) is 0 Å². The summed E-state index contributed by atoms with van der Waals surface area (Å²) in [6.07, 6.45) is -0.372. The van der Waals surface area contributed by atoms with E-state index in [2.05, 4.69) is 0 Å². The molecule has 2 atom stereocenters. The number of benzene rings is 1. The summed E-state index contributed by atoms with van der Waals surface area (Å²) in [5.74, 6) is -0.962. The second kappa shape index (κ2) is 6.37. The molecule has 1 rings (SSSR count). The third-order valence-corrected chi connectivity index (χ3v) is 2.54. The Morgan fingerprint density at radius 1 is 1.35 bits per heavy atom. The van der Waals surface area contributed by atoms with Crippen molar-refractivity contribution in [2.24, 2.45) is 0 Å². The Bertz CT molecular complexity index is 351. The van der Waals surface area contributed by atoms with E-state index in [1.165, 1.54) is 0 Å². The molecular formula is C13H19NO3. The van der Waals surface area contributed by atoms with Crippen LogP contribution in [-0.4, -0.2) is 36.3 Å². The molecule has 1 aromatic rings. The molecule has 0 saturated carbocycles. The monoisotopic (exact) mass is 237 g/mol. The normalized spacial score (nSPS) is 14.6. The zero-order chi connectivity index (χ0) is 12.8. The van der Waals surface area contributed by atoms with Crippen LogP contribution in [0.25, 0.3) is 0 Å². The third kappa shape index (κ3) is 3.84. The van der Waals surface area contributed by atoms with Crippen molar-refractivity contribution in [3.05, 3.63) is 35.9 Å². The van der Waals surface area contributed by atoms with E-state index in [1.54, 1.807) is 12.1 Å². The molecule has 0 bridgehead atoms. The zero-order valence-corrected chi connectivity index (χ0v) is 10.5. The lowest BCUT2D eigenvalue weighted by atomic mass is 10.1. The Morgan fingerprint density at radius 3 is 2.35 bits per heavy atom. The maximum atomic E-state index is 11.2. The first-order valence-corrected chi connectivity index (χ1v) is 5.66. The Hall–Kier alpha value is -1.39. The molecule has 0 heterocycles. The zero-order valence-electron chi connectivity index (χ0n) is 10.5. The van der Waals surface area contributed by atoms with Crippen LogP contribution < -0.4 is 0 Å². The van der Waals surface area contributed by atoms with E-state index in [4.69, 9.17) is 4.74 Å². The van der Waals surface area contributed by atoms with Crippen molar-refractivity contribution in [1.29, 1.82) is 0 Å². The number of nitrogens with zero attached hydrogens (tertiary/aromatic N) is 1. The molecule has 0 radical (unpaired) electrons. The van der Waals surface area contributed by atoms with Crippen molar-refractivity contribution >= 4 is 5.97 Å². The minimum atomic E-state index is -0.962. The Kier molecular flexibility index (Phi) is 5.12. The van der Waals surface area contributed by atoms with Gasteiger partial charge in [0.25, 0.3) is 0 Å². The highest BCUT2D eigenvalue weighted by molar-refractivity contribution is 5.74. The highest BCUT2D eigenvalue weighted by Crippen LogP contribution is 2.21. The van der Waals surface area contributed by atoms with Crippen LogP contribution >= 0.6 is 0 Å². The SMILES string of the molecule is CCC(OC(C(=O)O)c1ccccc1)N(C)C. The number of hydrogen-bond donors (Lipinski definition) is 1. The average molecular weight is 237 g/mol. The summed E-state index contributed by atoms with van der Waals surface area (Å²) < 4.78 is 5.64. The second-order valence-electron chi connectivity index (χ2n) is 4.09. The van der Waals surface area contributed by atoms with Crippen molar-refractivity contribution in [2.45, 2.75) is 25.7 Å². The molecule has 1 N–H and O–H groups in total. The van der Waals surface area contributed by atoms with Gasteiger partial charge >= 0.3 is 5.97 Å². The van der Waals surface area contributed by atoms with E-state index in [1.807, 2.05) is 44.1 Å². The summed E-state index contributed by atoms with van der Waals surface area (Å²) in [5.41, 5.74) is 0.667. The van der Waals surface area contributed by atoms with Gasteiger partial charge in [-0.05, 0) is 26.1 Å². The summed E-state index contributed by atoms with van der Waals surface area (Å²) in [5, 5.41) is 9.21. The van der Waals surface area contributed by atoms with Crippen molar-refractivity contribution in [1.82, 2.24) is 4.90 Å². The van der Waals surface area contributed by atoms with E-state index in [9.17, 15) is 9.90 Å². The van der Waals surface area contributed by atoms with Crippen LogP contribution in [0.4, 0.5) is 0 Å². The topological polar surface area (TPSA) is 49.8 Å². The smallest absolute Gasteiger partial charge is 0.337 e. The highest BCUT2D eigenvalue weighted by Gasteiger charge is 2.24. The molecule has 94 valence electrons. The Labute approximate surface area is 102 Å². The molecule has 4 heteroatoms. The van der Waals surface area contributed by atoms with Crippen LogP contribution in [0.3, 0.4) is 0 Å². The minimum Gasteiger partial charge on any atom is -0.479 e. The average Bonchev–Trinajstić information content (AvgIpc) is 2.30. The number of hydrogen-bond acceptors (Lipinski definition) is 3. The van der Waals surface area contributed by atoms with Crippen molar-refractivity contribution < 1.29 is 14.6 Å². The predicted octanol–water partition coefficient (Wildman–Crippen LogP) is 2.13. The van der Waals surface area contributed by atoms with Crippen molar-refractivity contribution in [3.63, 3.8) is 0 Å². The van der Waals surface area contributed by atoms with Gasteiger partial charge in [0.1, 0.15) is 6.23 Å². The van der Waals surface area contributed by atoms with Gasteiger partial charge in [-0.3, -0.25) is 4.90 Å². The molecule has 4 nitrogen and oxygen atoms in total. The molecule has 17 heavy (non-hydrogen) atoms. The highest BCUT2D eigenvalue weighted by atomic mass is 16.5. The largest absolute Gasteiger partial charge is 0.479 e. The van der Waals surface area contributed by atoms with Gasteiger partial charge in [-0.15, -0.1) is 0 Å². The maximum Gasteiger partial charge on any atom is 0.337 e. The summed E-state index contributed by atoms with van der Waals surface area (Å²) in [6.45, 7) is 1.97. The van der Waals surface area contributed by atoms with Gasteiger partial charge in [-0.1, -0.05) is 37.3 Å². The lowest BCUT2D eigenvalue weighted by Crippen LogP contribution is -2.33. The molecule has 0 amide bonds. The quantitative estimate of drug-likeness (QED) is 0.770. The lowest BCUT2D eigenvalue weighted by molar-refractivity contribution is -0.162. The van der Waals surface area contributed by atoms with Gasteiger partial charge in [0.2, 0.25) is 0 Å². The predicted molar refractivity (Wildman–Crippen MR) is 65.7 cm³/mol. The van der Waals surface area contributed by atoms with Gasteiger partial charge in [0.05, 0.1) is 0 Å². The van der Waals surface area contributed by atoms with Gasteiger partial charge in [-0.2, -0.15) is 0 Å². The molecule has 0 fully saturated rings. The number of carboxylic acid groups (broad SMARTS) is 1. The van der Waals surface area contributed by atoms with E-state index in [0.717, 1.165) is 6.42 Å². The molecule has 0 aliphatic heterocycles. The fourth-order valence-corrected chi connectivity index (χ4v) is 1.65. The van der Waals surface area contributed by atoms with Gasteiger partial charge in [0.15, 0.2) is 6.10 Å². The summed E-state index contributed by atoms with van der Waals surface area (Å²) in [7, 11) is 3.75. The van der Waals surface area contributed by atoms with Gasteiger partial charge in [-0.25, -0.2) is 4.79 Å². The summed E-state index contributed by atoms with van der Waals surface area (Å²) in [6, 6.07) is 9.00. The number of ether oxygens (including phenoxy) is 1. The molecule has 0 aromatic heterocycles. The fraction of sp³-hybridized carbons (Fsp3) is 0.462. The molecule has 0 aliphatic carbocycles. The fourth-order valence-electron chi connectivity index (χ4n) is 1.65. The third-order valence-electron chi connectivity index (χ3n) is 2.54. The molecule has 0 saturated heterocycles. The minimum absolute atomic E-state index is 0.198. The number of carbonyl (C=O) groups is 1. The van der Waals surface area contributed by atoms with Gasteiger partial charge < -0.3 is 9.84 Å². The molecule has 1 aromatic carbocycles. The molecule has 0 aliphatic rings. The molecule has 0 spiro atoms. The van der Waals surface area contributed by atoms with Crippen LogP contribution in [0.1, 0.15) is 25.0 Å². The number of carboxylic acids is 1. The van der Waals surface area contributed by atoms with E-state index in [0.29, 0.717) is 5.56 Å². The summed E-state index contributed by atoms with van der Waals surface area (Å²) >= 11 is 0. The van der Waals surface area contributed by atoms with Crippen LogP contribution in [0, 0.1) is 0 Å². The van der Waals surface area contributed by atoms with E-state index < -0.39 is 12.1 Å². The lowest BCUT2D eigenvalue weighted by Gasteiger charge is -2.26. The first kappa shape index (κ1) is 13.7. The Balaban J connectivity index is 2.84. The maximum absolute atomic E-state index is 11.2. The molecular weight excluding hydrogens is 218 g/mol. The summed E-state index contributed by atoms with van der Waals surface area (Å²) in [4.78, 5) is 13.1. The Morgan fingerprint density at radius 2 is 1.94 bits per heavy atom. The first-order valence-electron chi connectivity index (χ1n) is 5.66. The molecule has 2 unspecified atom stereocenters. The van der Waals surface area contributed by atoms with E-state index in [-0.39, 0.29) is 6.23 Å². The van der Waals surface area contributed by atoms with Crippen LogP contribution in [0.5, 0.6) is 0 Å². The number of rotatable bonds is 6. The van der Waals surface area contributed by atoms with Crippen molar-refractivity contribution in [3.8, 4) is 0 Å².